The predicted molar refractivity (Wildman–Crippen MR) is 94.7 cm³/mol. The highest BCUT2D eigenvalue weighted by Crippen LogP contribution is 2.17. The van der Waals surface area contributed by atoms with Crippen LogP contribution in [0.2, 0.25) is 0 Å². The van der Waals surface area contributed by atoms with E-state index in [4.69, 9.17) is 5.26 Å². The first-order chi connectivity index (χ1) is 11.8. The molecule has 0 aromatic carbocycles. The summed E-state index contributed by atoms with van der Waals surface area (Å²) in [5.41, 5.74) is 0.558. The molecule has 7 nitrogen and oxygen atoms in total. The molecular formula is C16H22N6OS. The summed E-state index contributed by atoms with van der Waals surface area (Å²) in [6, 6.07) is 5.88. The molecule has 2 aliphatic rings. The highest BCUT2D eigenvalue weighted by atomic mass is 32.2. The number of carbonyl (C=O) groups is 1. The van der Waals surface area contributed by atoms with Crippen molar-refractivity contribution in [1.29, 1.82) is 5.26 Å². The fraction of sp³-hybridized carbons (Fsp3) is 0.562. The molecule has 0 aliphatic carbocycles. The molecule has 3 rings (SSSR count). The maximum atomic E-state index is 12.3. The zero-order valence-corrected chi connectivity index (χ0v) is 14.3. The maximum absolute atomic E-state index is 12.3. The molecule has 8 heteroatoms. The van der Waals surface area contributed by atoms with Gasteiger partial charge in [-0.05, 0) is 18.6 Å². The minimum atomic E-state index is -0.0469. The van der Waals surface area contributed by atoms with Crippen LogP contribution < -0.4 is 16.0 Å². The van der Waals surface area contributed by atoms with E-state index in [1.807, 2.05) is 16.7 Å². The lowest BCUT2D eigenvalue weighted by Crippen LogP contribution is -2.42. The van der Waals surface area contributed by atoms with Crippen LogP contribution in [0.1, 0.15) is 12.0 Å². The topological polar surface area (TPSA) is 93.1 Å². The molecule has 3 heterocycles. The van der Waals surface area contributed by atoms with Crippen LogP contribution >= 0.6 is 11.8 Å². The van der Waals surface area contributed by atoms with Crippen LogP contribution in [-0.2, 0) is 4.79 Å². The lowest BCUT2D eigenvalue weighted by molar-refractivity contribution is -0.131. The van der Waals surface area contributed by atoms with E-state index >= 15 is 0 Å². The Hall–Kier alpha value is -1.82. The molecule has 1 amide bonds. The number of amides is 1. The number of anilines is 1. The fourth-order valence-corrected chi connectivity index (χ4v) is 3.87. The number of nitriles is 1. The smallest absolute Gasteiger partial charge is 0.240 e. The van der Waals surface area contributed by atoms with Gasteiger partial charge in [0.2, 0.25) is 5.91 Å². The molecule has 2 aliphatic heterocycles. The van der Waals surface area contributed by atoms with Crippen molar-refractivity contribution in [3.63, 3.8) is 0 Å². The second-order valence-corrected chi connectivity index (χ2v) is 7.03. The Balaban J connectivity index is 1.34. The third kappa shape index (κ3) is 4.38. The summed E-state index contributed by atoms with van der Waals surface area (Å²) in [5, 5.41) is 18.8. The van der Waals surface area contributed by atoms with E-state index in [1.54, 1.807) is 18.3 Å². The summed E-state index contributed by atoms with van der Waals surface area (Å²) in [4.78, 5) is 18.5. The SMILES string of the molecule is N#Cc1ccc(NCCN[C@@H]2CN[C@H](C(=O)N3CCSC3)C2)nc1. The average molecular weight is 346 g/mol. The van der Waals surface area contributed by atoms with Crippen LogP contribution in [0, 0.1) is 11.3 Å². The molecule has 0 spiro atoms. The van der Waals surface area contributed by atoms with Crippen molar-refractivity contribution >= 4 is 23.5 Å². The molecule has 2 fully saturated rings. The molecule has 24 heavy (non-hydrogen) atoms. The molecule has 0 bridgehead atoms. The minimum absolute atomic E-state index is 0.0469. The summed E-state index contributed by atoms with van der Waals surface area (Å²) in [5.74, 6) is 2.88. The lowest BCUT2D eigenvalue weighted by atomic mass is 10.1. The number of pyridine rings is 1. The second kappa shape index (κ2) is 8.33. The van der Waals surface area contributed by atoms with Crippen LogP contribution in [0.3, 0.4) is 0 Å². The van der Waals surface area contributed by atoms with Gasteiger partial charge in [0, 0.05) is 44.2 Å². The number of hydrogen-bond acceptors (Lipinski definition) is 7. The summed E-state index contributed by atoms with van der Waals surface area (Å²) >= 11 is 1.82. The van der Waals surface area contributed by atoms with Crippen molar-refractivity contribution < 1.29 is 4.79 Å². The number of nitrogens with one attached hydrogen (secondary N) is 3. The second-order valence-electron chi connectivity index (χ2n) is 5.96. The molecule has 128 valence electrons. The van der Waals surface area contributed by atoms with Gasteiger partial charge in [-0.3, -0.25) is 4.79 Å². The van der Waals surface area contributed by atoms with Gasteiger partial charge < -0.3 is 20.9 Å². The van der Waals surface area contributed by atoms with Gasteiger partial charge in [0.15, 0.2) is 0 Å². The monoisotopic (exact) mass is 346 g/mol. The van der Waals surface area contributed by atoms with Crippen LogP contribution in [0.5, 0.6) is 0 Å². The Labute approximate surface area is 146 Å². The zero-order valence-electron chi connectivity index (χ0n) is 13.5. The van der Waals surface area contributed by atoms with Gasteiger partial charge in [0.1, 0.15) is 11.9 Å². The Morgan fingerprint density at radius 3 is 3.12 bits per heavy atom. The highest BCUT2D eigenvalue weighted by molar-refractivity contribution is 7.99. The number of thioether (sulfide) groups is 1. The van der Waals surface area contributed by atoms with Gasteiger partial charge in [-0.25, -0.2) is 4.98 Å². The number of nitrogens with zero attached hydrogens (tertiary/aromatic N) is 3. The predicted octanol–water partition coefficient (Wildman–Crippen LogP) is 0.218. The Bertz CT molecular complexity index is 596. The number of hydrogen-bond donors (Lipinski definition) is 3. The van der Waals surface area contributed by atoms with E-state index in [1.165, 1.54) is 0 Å². The van der Waals surface area contributed by atoms with Crippen LogP contribution in [-0.4, -0.2) is 65.7 Å². The van der Waals surface area contributed by atoms with Crippen molar-refractivity contribution in [3.05, 3.63) is 23.9 Å². The molecule has 2 atom stereocenters. The van der Waals surface area contributed by atoms with Crippen LogP contribution in [0.4, 0.5) is 5.82 Å². The fourth-order valence-electron chi connectivity index (χ4n) is 2.92. The van der Waals surface area contributed by atoms with E-state index < -0.39 is 0 Å². The van der Waals surface area contributed by atoms with Gasteiger partial charge in [-0.2, -0.15) is 5.26 Å². The van der Waals surface area contributed by atoms with E-state index in [9.17, 15) is 4.79 Å². The Morgan fingerprint density at radius 2 is 2.42 bits per heavy atom. The normalized spacial score (nSPS) is 23.2. The molecule has 0 radical (unpaired) electrons. The van der Waals surface area contributed by atoms with Crippen molar-refractivity contribution in [2.24, 2.45) is 0 Å². The van der Waals surface area contributed by atoms with E-state index in [0.29, 0.717) is 11.6 Å². The van der Waals surface area contributed by atoms with Gasteiger partial charge in [0.25, 0.3) is 0 Å². The third-order valence-electron chi connectivity index (χ3n) is 4.25. The molecule has 1 aromatic rings. The summed E-state index contributed by atoms with van der Waals surface area (Å²) < 4.78 is 0. The summed E-state index contributed by atoms with van der Waals surface area (Å²) in [6.45, 7) is 3.25. The molecule has 3 N–H and O–H groups in total. The molecular weight excluding hydrogens is 324 g/mol. The first-order valence-electron chi connectivity index (χ1n) is 8.19. The summed E-state index contributed by atoms with van der Waals surface area (Å²) in [6.07, 6.45) is 2.40. The number of rotatable bonds is 6. The Kier molecular flexibility index (Phi) is 5.91. The standard InChI is InChI=1S/C16H22N6OS/c17-8-12-1-2-15(21-9-12)19-4-3-18-13-7-14(20-10-13)16(23)22-5-6-24-11-22/h1-2,9,13-14,18,20H,3-7,10-11H2,(H,19,21)/t13-,14-/m0/s1. The van der Waals surface area contributed by atoms with Crippen molar-refractivity contribution in [1.82, 2.24) is 20.5 Å². The quantitative estimate of drug-likeness (QED) is 0.635. The van der Waals surface area contributed by atoms with E-state index in [-0.39, 0.29) is 11.9 Å². The first-order valence-corrected chi connectivity index (χ1v) is 9.35. The molecule has 0 unspecified atom stereocenters. The molecule has 1 aromatic heterocycles. The van der Waals surface area contributed by atoms with Gasteiger partial charge >= 0.3 is 0 Å². The molecule has 2 saturated heterocycles. The van der Waals surface area contributed by atoms with Gasteiger partial charge in [-0.1, -0.05) is 0 Å². The average Bonchev–Trinajstić information content (AvgIpc) is 3.30. The van der Waals surface area contributed by atoms with Gasteiger partial charge in [-0.15, -0.1) is 11.8 Å². The first kappa shape index (κ1) is 17.0. The largest absolute Gasteiger partial charge is 0.369 e. The lowest BCUT2D eigenvalue weighted by Gasteiger charge is -2.19. The van der Waals surface area contributed by atoms with E-state index in [2.05, 4.69) is 27.0 Å². The number of carbonyl (C=O) groups excluding carboxylic acids is 1. The third-order valence-corrected chi connectivity index (χ3v) is 5.22. The zero-order chi connectivity index (χ0) is 16.8. The molecule has 0 saturated carbocycles. The van der Waals surface area contributed by atoms with E-state index in [0.717, 1.165) is 50.0 Å². The number of aromatic nitrogens is 1. The highest BCUT2D eigenvalue weighted by Gasteiger charge is 2.32. The maximum Gasteiger partial charge on any atom is 0.240 e. The van der Waals surface area contributed by atoms with Crippen molar-refractivity contribution in [2.75, 3.05) is 43.1 Å². The minimum Gasteiger partial charge on any atom is -0.369 e. The van der Waals surface area contributed by atoms with Crippen molar-refractivity contribution in [2.45, 2.75) is 18.5 Å². The Morgan fingerprint density at radius 1 is 1.50 bits per heavy atom. The van der Waals surface area contributed by atoms with Gasteiger partial charge in [0.05, 0.1) is 17.5 Å². The summed E-state index contributed by atoms with van der Waals surface area (Å²) in [7, 11) is 0. The van der Waals surface area contributed by atoms with Crippen LogP contribution in [0.15, 0.2) is 18.3 Å². The van der Waals surface area contributed by atoms with Crippen LogP contribution in [0.25, 0.3) is 0 Å². The van der Waals surface area contributed by atoms with Crippen molar-refractivity contribution in [3.8, 4) is 6.07 Å².